The van der Waals surface area contributed by atoms with Crippen molar-refractivity contribution in [1.29, 1.82) is 0 Å². The number of anilines is 1. The number of hydrogen-bond acceptors (Lipinski definition) is 3. The Hall–Kier alpha value is -1.32. The Kier molecular flexibility index (Phi) is 2.11. The molecule has 4 nitrogen and oxygen atoms in total. The third-order valence-electron chi connectivity index (χ3n) is 5.05. The van der Waals surface area contributed by atoms with E-state index in [2.05, 4.69) is 10.5 Å². The summed E-state index contributed by atoms with van der Waals surface area (Å²) in [5.41, 5.74) is 1.52. The number of rotatable bonds is 2. The van der Waals surface area contributed by atoms with E-state index in [4.69, 9.17) is 4.52 Å². The van der Waals surface area contributed by atoms with Crippen molar-refractivity contribution >= 4 is 11.7 Å². The molecule has 1 N–H and O–H groups in total. The summed E-state index contributed by atoms with van der Waals surface area (Å²) in [6, 6.07) is 0. The third kappa shape index (κ3) is 1.44. The Morgan fingerprint density at radius 1 is 1.28 bits per heavy atom. The zero-order valence-electron chi connectivity index (χ0n) is 10.5. The van der Waals surface area contributed by atoms with Crippen molar-refractivity contribution in [3.8, 4) is 0 Å². The maximum atomic E-state index is 12.2. The van der Waals surface area contributed by atoms with Gasteiger partial charge < -0.3 is 9.84 Å². The first-order chi connectivity index (χ1) is 8.78. The molecule has 0 unspecified atom stereocenters. The minimum Gasteiger partial charge on any atom is -0.359 e. The van der Waals surface area contributed by atoms with Gasteiger partial charge in [0.1, 0.15) is 5.76 Å². The van der Waals surface area contributed by atoms with Gasteiger partial charge in [0, 0.05) is 17.9 Å². The number of carbonyl (C=O) groups is 1. The van der Waals surface area contributed by atoms with E-state index in [0.717, 1.165) is 30.6 Å². The summed E-state index contributed by atoms with van der Waals surface area (Å²) < 4.78 is 5.32. The minimum absolute atomic E-state index is 0.163. The van der Waals surface area contributed by atoms with Crippen molar-refractivity contribution in [3.05, 3.63) is 11.3 Å². The predicted molar refractivity (Wildman–Crippen MR) is 66.2 cm³/mol. The van der Waals surface area contributed by atoms with E-state index >= 15 is 0 Å². The van der Waals surface area contributed by atoms with Gasteiger partial charge in [-0.05, 0) is 43.9 Å². The van der Waals surface area contributed by atoms with Crippen LogP contribution in [-0.4, -0.2) is 11.1 Å². The molecule has 1 heterocycles. The summed E-state index contributed by atoms with van der Waals surface area (Å²) in [5.74, 6) is 2.07. The number of aromatic nitrogens is 1. The van der Waals surface area contributed by atoms with E-state index in [9.17, 15) is 4.79 Å². The largest absolute Gasteiger partial charge is 0.359 e. The summed E-state index contributed by atoms with van der Waals surface area (Å²) in [5, 5.41) is 7.02. The Bertz CT molecular complexity index is 502. The molecule has 1 aromatic heterocycles. The lowest BCUT2D eigenvalue weighted by molar-refractivity contribution is -0.118. The van der Waals surface area contributed by atoms with Gasteiger partial charge in [-0.1, -0.05) is 11.6 Å². The first-order valence-corrected chi connectivity index (χ1v) is 7.07. The Labute approximate surface area is 106 Å². The molecule has 1 spiro atoms. The monoisotopic (exact) mass is 246 g/mol. The van der Waals surface area contributed by atoms with Crippen LogP contribution in [0.1, 0.15) is 49.8 Å². The van der Waals surface area contributed by atoms with Crippen molar-refractivity contribution in [1.82, 2.24) is 5.16 Å². The molecule has 3 aliphatic carbocycles. The van der Waals surface area contributed by atoms with Crippen LogP contribution in [0.4, 0.5) is 5.82 Å². The molecule has 1 amide bonds. The number of nitrogens with zero attached hydrogens (tertiary/aromatic N) is 1. The van der Waals surface area contributed by atoms with Crippen LogP contribution in [0.5, 0.6) is 0 Å². The van der Waals surface area contributed by atoms with Gasteiger partial charge in [-0.15, -0.1) is 0 Å². The number of hydrogen-bond donors (Lipinski definition) is 1. The molecule has 2 saturated carbocycles. The van der Waals surface area contributed by atoms with Gasteiger partial charge in [-0.2, -0.15) is 0 Å². The van der Waals surface area contributed by atoms with E-state index < -0.39 is 0 Å². The lowest BCUT2D eigenvalue weighted by Crippen LogP contribution is -2.23. The van der Waals surface area contributed by atoms with Crippen LogP contribution in [0.3, 0.4) is 0 Å². The molecule has 96 valence electrons. The maximum absolute atomic E-state index is 12.2. The van der Waals surface area contributed by atoms with E-state index in [0.29, 0.717) is 11.2 Å². The zero-order valence-corrected chi connectivity index (χ0v) is 10.5. The van der Waals surface area contributed by atoms with Crippen LogP contribution in [-0.2, 0) is 17.6 Å². The molecule has 0 aromatic carbocycles. The zero-order chi connectivity index (χ0) is 12.2. The van der Waals surface area contributed by atoms with Crippen LogP contribution in [0, 0.1) is 11.3 Å². The molecule has 1 aromatic rings. The quantitative estimate of drug-likeness (QED) is 0.872. The summed E-state index contributed by atoms with van der Waals surface area (Å²) >= 11 is 0. The fourth-order valence-corrected chi connectivity index (χ4v) is 3.59. The first kappa shape index (κ1) is 10.6. The smallest absolute Gasteiger partial charge is 0.229 e. The summed E-state index contributed by atoms with van der Waals surface area (Å²) in [4.78, 5) is 12.2. The molecule has 2 fully saturated rings. The lowest BCUT2D eigenvalue weighted by atomic mass is 9.79. The standard InChI is InChI=1S/C14H18N2O2/c17-13(10-8-14(10)6-3-7-14)15-12-9-4-1-2-5-11(9)18-16-12/h10H,1-8H2,(H,15,16,17)/t10-/m0/s1. The molecule has 18 heavy (non-hydrogen) atoms. The summed E-state index contributed by atoms with van der Waals surface area (Å²) in [6.07, 6.45) is 9.15. The second kappa shape index (κ2) is 3.59. The van der Waals surface area contributed by atoms with Gasteiger partial charge in [-0.25, -0.2) is 0 Å². The molecule has 0 saturated heterocycles. The van der Waals surface area contributed by atoms with E-state index in [1.165, 1.54) is 32.1 Å². The Morgan fingerprint density at radius 2 is 2.11 bits per heavy atom. The van der Waals surface area contributed by atoms with Crippen molar-refractivity contribution in [2.24, 2.45) is 11.3 Å². The number of carbonyl (C=O) groups excluding carboxylic acids is 1. The number of fused-ring (bicyclic) bond motifs is 1. The minimum atomic E-state index is 0.163. The molecule has 4 heteroatoms. The maximum Gasteiger partial charge on any atom is 0.229 e. The highest BCUT2D eigenvalue weighted by atomic mass is 16.5. The van der Waals surface area contributed by atoms with Crippen molar-refractivity contribution in [3.63, 3.8) is 0 Å². The second-order valence-electron chi connectivity index (χ2n) is 6.10. The SMILES string of the molecule is O=C(Nc1noc2c1CCCC2)[C@@H]1CC12CCC2. The molecular weight excluding hydrogens is 228 g/mol. The van der Waals surface area contributed by atoms with Gasteiger partial charge in [-0.3, -0.25) is 4.79 Å². The molecule has 0 aliphatic heterocycles. The van der Waals surface area contributed by atoms with Crippen molar-refractivity contribution in [2.75, 3.05) is 5.32 Å². The van der Waals surface area contributed by atoms with Crippen molar-refractivity contribution in [2.45, 2.75) is 51.4 Å². The van der Waals surface area contributed by atoms with Crippen molar-refractivity contribution < 1.29 is 9.32 Å². The summed E-state index contributed by atoms with van der Waals surface area (Å²) in [7, 11) is 0. The molecular formula is C14H18N2O2. The Balaban J connectivity index is 1.48. The second-order valence-corrected chi connectivity index (χ2v) is 6.10. The van der Waals surface area contributed by atoms with Gasteiger partial charge in [0.25, 0.3) is 0 Å². The highest BCUT2D eigenvalue weighted by Crippen LogP contribution is 2.65. The Morgan fingerprint density at radius 3 is 2.83 bits per heavy atom. The van der Waals surface area contributed by atoms with Crippen LogP contribution in [0.25, 0.3) is 0 Å². The molecule has 4 rings (SSSR count). The molecule has 0 bridgehead atoms. The van der Waals surface area contributed by atoms with Gasteiger partial charge in [0.05, 0.1) is 0 Å². The highest BCUT2D eigenvalue weighted by molar-refractivity contribution is 5.95. The van der Waals surface area contributed by atoms with Crippen LogP contribution < -0.4 is 5.32 Å². The average Bonchev–Trinajstić information content (AvgIpc) is 3.01. The molecule has 3 aliphatic rings. The molecule has 0 radical (unpaired) electrons. The number of amides is 1. The average molecular weight is 246 g/mol. The number of aryl methyl sites for hydroxylation is 1. The third-order valence-corrected chi connectivity index (χ3v) is 5.05. The number of nitrogens with one attached hydrogen (secondary N) is 1. The normalized spacial score (nSPS) is 27.4. The topological polar surface area (TPSA) is 55.1 Å². The van der Waals surface area contributed by atoms with Crippen LogP contribution >= 0.6 is 0 Å². The van der Waals surface area contributed by atoms with Gasteiger partial charge in [0.15, 0.2) is 5.82 Å². The summed E-state index contributed by atoms with van der Waals surface area (Å²) in [6.45, 7) is 0. The van der Waals surface area contributed by atoms with Gasteiger partial charge in [0.2, 0.25) is 5.91 Å². The van der Waals surface area contributed by atoms with E-state index in [1.807, 2.05) is 0 Å². The van der Waals surface area contributed by atoms with E-state index in [-0.39, 0.29) is 11.8 Å². The first-order valence-electron chi connectivity index (χ1n) is 7.07. The van der Waals surface area contributed by atoms with Crippen LogP contribution in [0.2, 0.25) is 0 Å². The molecule has 1 atom stereocenters. The highest BCUT2D eigenvalue weighted by Gasteiger charge is 2.61. The fourth-order valence-electron chi connectivity index (χ4n) is 3.59. The van der Waals surface area contributed by atoms with Crippen LogP contribution in [0.15, 0.2) is 4.52 Å². The van der Waals surface area contributed by atoms with Gasteiger partial charge >= 0.3 is 0 Å². The lowest BCUT2D eigenvalue weighted by Gasteiger charge is -2.26. The fraction of sp³-hybridized carbons (Fsp3) is 0.714. The predicted octanol–water partition coefficient (Wildman–Crippen LogP) is 2.68. The van der Waals surface area contributed by atoms with E-state index in [1.54, 1.807) is 0 Å².